The summed E-state index contributed by atoms with van der Waals surface area (Å²) in [6.07, 6.45) is 0. The average molecular weight is 481 g/mol. The third kappa shape index (κ3) is 4.23. The van der Waals surface area contributed by atoms with E-state index < -0.39 is 23.1 Å². The minimum absolute atomic E-state index is 0.0234. The zero-order valence-corrected chi connectivity index (χ0v) is 19.4. The second-order valence-electron chi connectivity index (χ2n) is 7.76. The van der Waals surface area contributed by atoms with Gasteiger partial charge in [-0.15, -0.1) is 0 Å². The van der Waals surface area contributed by atoms with Gasteiger partial charge in [-0.05, 0) is 48.4 Å². The van der Waals surface area contributed by atoms with Crippen molar-refractivity contribution in [1.82, 2.24) is 18.7 Å². The van der Waals surface area contributed by atoms with Gasteiger partial charge >= 0.3 is 5.69 Å². The molecule has 2 N–H and O–H groups in total. The molecule has 2 heterocycles. The first kappa shape index (κ1) is 23.0. The average Bonchev–Trinajstić information content (AvgIpc) is 3.12. The molecule has 11 heteroatoms. The van der Waals surface area contributed by atoms with Crippen molar-refractivity contribution in [3.8, 4) is 0 Å². The lowest BCUT2D eigenvalue weighted by molar-refractivity contribution is -0.116. The number of benzene rings is 2. The molecular weight excluding hydrogens is 460 g/mol. The number of nitrogens with zero attached hydrogens (tertiary/aromatic N) is 4. The number of carbonyl (C=O) groups is 2. The Balaban J connectivity index is 1.61. The van der Waals surface area contributed by atoms with Crippen molar-refractivity contribution in [2.75, 3.05) is 10.6 Å². The van der Waals surface area contributed by atoms with E-state index >= 15 is 0 Å². The van der Waals surface area contributed by atoms with E-state index in [2.05, 4.69) is 15.6 Å². The molecule has 0 radical (unpaired) electrons. The summed E-state index contributed by atoms with van der Waals surface area (Å²) in [6.45, 7) is 1.57. The maximum atomic E-state index is 12.9. The van der Waals surface area contributed by atoms with Crippen molar-refractivity contribution >= 4 is 46.0 Å². The van der Waals surface area contributed by atoms with Crippen LogP contribution in [-0.2, 0) is 25.4 Å². The van der Waals surface area contributed by atoms with Crippen LogP contribution in [0.25, 0.3) is 11.2 Å². The highest BCUT2D eigenvalue weighted by atomic mass is 35.5. The molecule has 0 unspecified atom stereocenters. The predicted molar refractivity (Wildman–Crippen MR) is 129 cm³/mol. The molecule has 174 valence electrons. The van der Waals surface area contributed by atoms with Gasteiger partial charge in [0.05, 0.1) is 11.3 Å². The highest BCUT2D eigenvalue weighted by molar-refractivity contribution is 6.29. The molecule has 0 aliphatic carbocycles. The van der Waals surface area contributed by atoms with Gasteiger partial charge in [0.25, 0.3) is 11.5 Å². The van der Waals surface area contributed by atoms with E-state index in [1.165, 1.54) is 23.2 Å². The van der Waals surface area contributed by atoms with Gasteiger partial charge in [-0.3, -0.25) is 28.1 Å². The third-order valence-corrected chi connectivity index (χ3v) is 5.61. The standard InChI is InChI=1S/C23H21ClN6O4/c1-13-7-6-8-14(11-13)25-20(32)15-9-4-5-10-16(15)26-17(31)12-30-18-19(27-22(30)24)28(2)23(34)29(3)21(18)33/h4-11H,12H2,1-3H3,(H,25,32)(H,26,31). The summed E-state index contributed by atoms with van der Waals surface area (Å²) in [7, 11) is 2.79. The Morgan fingerprint density at radius 1 is 1.00 bits per heavy atom. The molecule has 0 fully saturated rings. The van der Waals surface area contributed by atoms with Crippen LogP contribution in [0, 0.1) is 6.92 Å². The van der Waals surface area contributed by atoms with Gasteiger partial charge in [0.2, 0.25) is 11.2 Å². The highest BCUT2D eigenvalue weighted by Crippen LogP contribution is 2.20. The molecule has 0 aliphatic rings. The molecule has 0 saturated heterocycles. The fraction of sp³-hybridized carbons (Fsp3) is 0.174. The van der Waals surface area contributed by atoms with Crippen LogP contribution < -0.4 is 21.9 Å². The molecule has 34 heavy (non-hydrogen) atoms. The van der Waals surface area contributed by atoms with Gasteiger partial charge in [0.15, 0.2) is 11.2 Å². The second kappa shape index (κ2) is 8.99. The zero-order chi connectivity index (χ0) is 24.6. The van der Waals surface area contributed by atoms with Crippen LogP contribution in [0.5, 0.6) is 0 Å². The Labute approximate surface area is 198 Å². The largest absolute Gasteiger partial charge is 0.332 e. The van der Waals surface area contributed by atoms with Crippen LogP contribution in [0.2, 0.25) is 5.28 Å². The first-order valence-corrected chi connectivity index (χ1v) is 10.6. The predicted octanol–water partition coefficient (Wildman–Crippen LogP) is 2.29. The number of amides is 2. The SMILES string of the molecule is Cc1cccc(NC(=O)c2ccccc2NC(=O)Cn2c(Cl)nc3c2c(=O)n(C)c(=O)n3C)c1. The number of imidazole rings is 1. The number of hydrogen-bond acceptors (Lipinski definition) is 5. The molecule has 2 amide bonds. The Hall–Kier alpha value is -4.18. The van der Waals surface area contributed by atoms with E-state index in [1.807, 2.05) is 25.1 Å². The van der Waals surface area contributed by atoms with Crippen LogP contribution >= 0.6 is 11.6 Å². The van der Waals surface area contributed by atoms with E-state index in [-0.39, 0.29) is 28.6 Å². The Morgan fingerprint density at radius 3 is 2.47 bits per heavy atom. The number of aromatic nitrogens is 4. The summed E-state index contributed by atoms with van der Waals surface area (Å²) < 4.78 is 3.32. The van der Waals surface area contributed by atoms with E-state index in [9.17, 15) is 19.2 Å². The van der Waals surface area contributed by atoms with Gasteiger partial charge < -0.3 is 10.6 Å². The fourth-order valence-electron chi connectivity index (χ4n) is 3.61. The fourth-order valence-corrected chi connectivity index (χ4v) is 3.83. The minimum atomic E-state index is -0.622. The summed E-state index contributed by atoms with van der Waals surface area (Å²) in [5, 5.41) is 5.39. The molecule has 10 nitrogen and oxygen atoms in total. The molecule has 4 aromatic rings. The van der Waals surface area contributed by atoms with E-state index in [4.69, 9.17) is 11.6 Å². The van der Waals surface area contributed by atoms with E-state index in [0.717, 1.165) is 10.1 Å². The molecule has 4 rings (SSSR count). The van der Waals surface area contributed by atoms with Crippen LogP contribution in [0.15, 0.2) is 58.1 Å². The Kier molecular flexibility index (Phi) is 6.08. The summed E-state index contributed by atoms with van der Waals surface area (Å²) in [4.78, 5) is 54.6. The second-order valence-corrected chi connectivity index (χ2v) is 8.10. The number of para-hydroxylation sites is 1. The molecule has 0 spiro atoms. The molecule has 0 atom stereocenters. The number of nitrogens with one attached hydrogen (secondary N) is 2. The maximum Gasteiger partial charge on any atom is 0.332 e. The number of hydrogen-bond donors (Lipinski definition) is 2. The number of rotatable bonds is 5. The summed E-state index contributed by atoms with van der Waals surface area (Å²) >= 11 is 6.19. The number of halogens is 1. The maximum absolute atomic E-state index is 12.9. The van der Waals surface area contributed by atoms with Crippen molar-refractivity contribution in [3.05, 3.63) is 85.8 Å². The van der Waals surface area contributed by atoms with Crippen molar-refractivity contribution in [3.63, 3.8) is 0 Å². The van der Waals surface area contributed by atoms with Gasteiger partial charge in [-0.1, -0.05) is 24.3 Å². The van der Waals surface area contributed by atoms with Gasteiger partial charge in [-0.25, -0.2) is 4.79 Å². The van der Waals surface area contributed by atoms with Crippen molar-refractivity contribution < 1.29 is 9.59 Å². The molecule has 2 aromatic carbocycles. The normalized spacial score (nSPS) is 10.9. The first-order valence-electron chi connectivity index (χ1n) is 10.3. The number of carbonyl (C=O) groups excluding carboxylic acids is 2. The molecule has 0 aliphatic heterocycles. The lowest BCUT2D eigenvalue weighted by atomic mass is 10.1. The van der Waals surface area contributed by atoms with E-state index in [1.54, 1.807) is 30.3 Å². The van der Waals surface area contributed by atoms with Crippen LogP contribution in [-0.4, -0.2) is 30.5 Å². The summed E-state index contributed by atoms with van der Waals surface area (Å²) in [6, 6.07) is 13.9. The van der Waals surface area contributed by atoms with Crippen LogP contribution in [0.4, 0.5) is 11.4 Å². The zero-order valence-electron chi connectivity index (χ0n) is 18.6. The number of anilines is 2. The van der Waals surface area contributed by atoms with Crippen LogP contribution in [0.1, 0.15) is 15.9 Å². The third-order valence-electron chi connectivity index (χ3n) is 5.32. The molecular formula is C23H21ClN6O4. The summed E-state index contributed by atoms with van der Waals surface area (Å²) in [5.41, 5.74) is 1.09. The lowest BCUT2D eigenvalue weighted by Crippen LogP contribution is -2.37. The quantitative estimate of drug-likeness (QED) is 0.425. The van der Waals surface area contributed by atoms with Gasteiger partial charge in [0, 0.05) is 19.8 Å². The lowest BCUT2D eigenvalue weighted by Gasteiger charge is -2.13. The first-order chi connectivity index (χ1) is 16.2. The smallest absolute Gasteiger partial charge is 0.324 e. The highest BCUT2D eigenvalue weighted by Gasteiger charge is 2.21. The molecule has 0 saturated carbocycles. The number of fused-ring (bicyclic) bond motifs is 1. The van der Waals surface area contributed by atoms with Crippen molar-refractivity contribution in [2.24, 2.45) is 14.1 Å². The topological polar surface area (TPSA) is 120 Å². The Bertz CT molecular complexity index is 1570. The molecule has 0 bridgehead atoms. The minimum Gasteiger partial charge on any atom is -0.324 e. The Morgan fingerprint density at radius 2 is 1.74 bits per heavy atom. The van der Waals surface area contributed by atoms with Crippen molar-refractivity contribution in [2.45, 2.75) is 13.5 Å². The van der Waals surface area contributed by atoms with E-state index in [0.29, 0.717) is 11.4 Å². The number of aryl methyl sites for hydroxylation is 2. The van der Waals surface area contributed by atoms with Crippen LogP contribution in [0.3, 0.4) is 0 Å². The molecule has 2 aromatic heterocycles. The van der Waals surface area contributed by atoms with Crippen molar-refractivity contribution in [1.29, 1.82) is 0 Å². The summed E-state index contributed by atoms with van der Waals surface area (Å²) in [5.74, 6) is -0.926. The monoisotopic (exact) mass is 480 g/mol. The van der Waals surface area contributed by atoms with Gasteiger partial charge in [-0.2, -0.15) is 4.98 Å². The van der Waals surface area contributed by atoms with Gasteiger partial charge in [0.1, 0.15) is 6.54 Å².